The van der Waals surface area contributed by atoms with Gasteiger partial charge in [-0.3, -0.25) is 9.59 Å². The van der Waals surface area contributed by atoms with Crippen molar-refractivity contribution in [3.8, 4) is 0 Å². The van der Waals surface area contributed by atoms with Crippen LogP contribution in [0.1, 0.15) is 74.6 Å². The van der Waals surface area contributed by atoms with Gasteiger partial charge >= 0.3 is 0 Å². The molecule has 2 aliphatic carbocycles. The van der Waals surface area contributed by atoms with E-state index in [-0.39, 0.29) is 33.8 Å². The molecule has 1 aromatic heterocycles. The van der Waals surface area contributed by atoms with Crippen LogP contribution in [0.2, 0.25) is 0 Å². The summed E-state index contributed by atoms with van der Waals surface area (Å²) in [5, 5.41) is 3.25. The van der Waals surface area contributed by atoms with E-state index in [0.29, 0.717) is 5.52 Å². The fourth-order valence-electron chi connectivity index (χ4n) is 5.11. The van der Waals surface area contributed by atoms with Gasteiger partial charge in [-0.05, 0) is 43.9 Å². The molecular weight excluding hydrogens is 426 g/mol. The van der Waals surface area contributed by atoms with Gasteiger partial charge in [-0.2, -0.15) is 4.31 Å². The Kier molecular flexibility index (Phi) is 6.72. The molecule has 0 radical (unpaired) electrons. The van der Waals surface area contributed by atoms with Crippen molar-refractivity contribution in [1.82, 2.24) is 14.2 Å². The number of sulfonamides is 1. The first-order valence-corrected chi connectivity index (χ1v) is 13.2. The van der Waals surface area contributed by atoms with Gasteiger partial charge in [-0.15, -0.1) is 0 Å². The molecule has 0 atom stereocenters. The molecule has 1 aromatic carbocycles. The van der Waals surface area contributed by atoms with E-state index in [1.807, 2.05) is 0 Å². The maximum absolute atomic E-state index is 13.3. The number of rotatable bonds is 5. The van der Waals surface area contributed by atoms with Crippen LogP contribution in [0.15, 0.2) is 34.1 Å². The molecule has 2 fully saturated rings. The van der Waals surface area contributed by atoms with E-state index in [0.717, 1.165) is 57.8 Å². The molecule has 0 unspecified atom stereocenters. The summed E-state index contributed by atoms with van der Waals surface area (Å²) in [4.78, 5) is 26.2. The van der Waals surface area contributed by atoms with Crippen molar-refractivity contribution in [3.05, 3.63) is 40.2 Å². The summed E-state index contributed by atoms with van der Waals surface area (Å²) in [7, 11) is -0.339. The number of carbonyl (C=O) groups excluding carboxylic acids is 1. The van der Waals surface area contributed by atoms with Crippen molar-refractivity contribution < 1.29 is 13.2 Å². The summed E-state index contributed by atoms with van der Waals surface area (Å²) in [6.07, 6.45) is 11.7. The van der Waals surface area contributed by atoms with Crippen LogP contribution >= 0.6 is 0 Å². The number of nitrogens with zero attached hydrogens (tertiary/aromatic N) is 2. The predicted molar refractivity (Wildman–Crippen MR) is 125 cm³/mol. The van der Waals surface area contributed by atoms with Crippen molar-refractivity contribution in [3.63, 3.8) is 0 Å². The molecule has 0 aliphatic heterocycles. The average molecular weight is 460 g/mol. The molecule has 2 saturated carbocycles. The molecule has 2 aromatic rings. The molecule has 174 valence electrons. The Balaban J connectivity index is 1.68. The largest absolute Gasteiger partial charge is 0.350 e. The molecule has 32 heavy (non-hydrogen) atoms. The summed E-state index contributed by atoms with van der Waals surface area (Å²) >= 11 is 0. The van der Waals surface area contributed by atoms with Crippen LogP contribution in [0.3, 0.4) is 0 Å². The van der Waals surface area contributed by atoms with Crippen molar-refractivity contribution in [2.45, 2.75) is 81.2 Å². The summed E-state index contributed by atoms with van der Waals surface area (Å²) in [6.45, 7) is 0. The van der Waals surface area contributed by atoms with Gasteiger partial charge in [0.15, 0.2) is 0 Å². The highest BCUT2D eigenvalue weighted by Gasteiger charge is 2.30. The van der Waals surface area contributed by atoms with Crippen molar-refractivity contribution >= 4 is 26.8 Å². The second kappa shape index (κ2) is 9.35. The quantitative estimate of drug-likeness (QED) is 0.741. The van der Waals surface area contributed by atoms with Gasteiger partial charge in [-0.25, -0.2) is 8.42 Å². The third kappa shape index (κ3) is 4.48. The first kappa shape index (κ1) is 23.0. The number of fused-ring (bicyclic) bond motifs is 1. The zero-order chi connectivity index (χ0) is 22.9. The minimum Gasteiger partial charge on any atom is -0.350 e. The third-order valence-electron chi connectivity index (χ3n) is 7.11. The van der Waals surface area contributed by atoms with Gasteiger partial charge in [-0.1, -0.05) is 38.5 Å². The molecule has 4 rings (SSSR count). The smallest absolute Gasteiger partial charge is 0.256 e. The maximum atomic E-state index is 13.3. The molecule has 0 spiro atoms. The van der Waals surface area contributed by atoms with E-state index in [2.05, 4.69) is 5.32 Å². The van der Waals surface area contributed by atoms with Crippen LogP contribution in [0.25, 0.3) is 10.9 Å². The van der Waals surface area contributed by atoms with Crippen molar-refractivity contribution in [2.75, 3.05) is 7.05 Å². The van der Waals surface area contributed by atoms with Gasteiger partial charge in [0.05, 0.1) is 10.4 Å². The fourth-order valence-corrected chi connectivity index (χ4v) is 6.55. The number of amides is 1. The topological polar surface area (TPSA) is 88.5 Å². The standard InChI is InChI=1S/C24H33N3O4S/c1-26-16-21(24(29)25-17-9-5-3-6-10-17)23(28)20-15-19(13-14-22(20)26)32(30,31)27(2)18-11-7-4-8-12-18/h13-18H,3-12H2,1-2H3,(H,25,29). The summed E-state index contributed by atoms with van der Waals surface area (Å²) < 4.78 is 29.8. The summed E-state index contributed by atoms with van der Waals surface area (Å²) in [5.74, 6) is -0.382. The van der Waals surface area contributed by atoms with E-state index in [1.54, 1.807) is 37.0 Å². The Hall–Kier alpha value is -2.19. The minimum absolute atomic E-state index is 0.0140. The molecule has 7 nitrogen and oxygen atoms in total. The van der Waals surface area contributed by atoms with Crippen LogP contribution in [-0.2, 0) is 17.1 Å². The Morgan fingerprint density at radius 2 is 1.66 bits per heavy atom. The highest BCUT2D eigenvalue weighted by molar-refractivity contribution is 7.89. The highest BCUT2D eigenvalue weighted by Crippen LogP contribution is 2.27. The normalized spacial score (nSPS) is 18.8. The predicted octanol–water partition coefficient (Wildman–Crippen LogP) is 3.55. The lowest BCUT2D eigenvalue weighted by atomic mass is 9.95. The summed E-state index contributed by atoms with van der Waals surface area (Å²) in [6, 6.07) is 4.72. The van der Waals surface area contributed by atoms with E-state index in [1.165, 1.54) is 16.8 Å². The van der Waals surface area contributed by atoms with E-state index in [9.17, 15) is 18.0 Å². The van der Waals surface area contributed by atoms with Crippen molar-refractivity contribution in [2.24, 2.45) is 7.05 Å². The molecule has 1 amide bonds. The van der Waals surface area contributed by atoms with Crippen LogP contribution in [0.4, 0.5) is 0 Å². The Labute approximate surface area is 189 Å². The fraction of sp³-hybridized carbons (Fsp3) is 0.583. The van der Waals surface area contributed by atoms with Crippen LogP contribution < -0.4 is 10.7 Å². The second-order valence-corrected chi connectivity index (χ2v) is 11.3. The number of benzene rings is 1. The Bertz CT molecular complexity index is 1160. The summed E-state index contributed by atoms with van der Waals surface area (Å²) in [5.41, 5.74) is 0.230. The average Bonchev–Trinajstić information content (AvgIpc) is 2.81. The lowest BCUT2D eigenvalue weighted by Crippen LogP contribution is -2.39. The number of aromatic nitrogens is 1. The Morgan fingerprint density at radius 3 is 2.31 bits per heavy atom. The van der Waals surface area contributed by atoms with Crippen LogP contribution in [0, 0.1) is 0 Å². The first-order chi connectivity index (χ1) is 15.3. The van der Waals surface area contributed by atoms with Crippen LogP contribution in [-0.4, -0.2) is 42.3 Å². The number of nitrogens with one attached hydrogen (secondary N) is 1. The van der Waals surface area contributed by atoms with E-state index < -0.39 is 15.5 Å². The molecule has 0 bridgehead atoms. The number of carbonyl (C=O) groups is 1. The third-order valence-corrected chi connectivity index (χ3v) is 9.02. The number of aryl methyl sites for hydroxylation is 1. The second-order valence-electron chi connectivity index (χ2n) is 9.28. The monoisotopic (exact) mass is 459 g/mol. The highest BCUT2D eigenvalue weighted by atomic mass is 32.2. The van der Waals surface area contributed by atoms with E-state index in [4.69, 9.17) is 0 Å². The zero-order valence-corrected chi connectivity index (χ0v) is 19.8. The first-order valence-electron chi connectivity index (χ1n) is 11.7. The minimum atomic E-state index is -3.73. The van der Waals surface area contributed by atoms with Gasteiger partial charge in [0.25, 0.3) is 5.91 Å². The lowest BCUT2D eigenvalue weighted by molar-refractivity contribution is 0.0926. The van der Waals surface area contributed by atoms with Gasteiger partial charge in [0.2, 0.25) is 15.5 Å². The van der Waals surface area contributed by atoms with Gasteiger partial charge < -0.3 is 9.88 Å². The Morgan fingerprint density at radius 1 is 1.03 bits per heavy atom. The molecule has 1 heterocycles. The molecule has 2 aliphatic rings. The molecular formula is C24H33N3O4S. The van der Waals surface area contributed by atoms with Crippen molar-refractivity contribution in [1.29, 1.82) is 0 Å². The van der Waals surface area contributed by atoms with Gasteiger partial charge in [0, 0.05) is 37.8 Å². The SMILES string of the molecule is CN(C1CCCCC1)S(=O)(=O)c1ccc2c(c1)c(=O)c(C(=O)NC1CCCCC1)cn2C. The molecule has 8 heteroatoms. The maximum Gasteiger partial charge on any atom is 0.256 e. The van der Waals surface area contributed by atoms with E-state index >= 15 is 0 Å². The lowest BCUT2D eigenvalue weighted by Gasteiger charge is -2.30. The number of hydrogen-bond acceptors (Lipinski definition) is 4. The number of pyridine rings is 1. The molecule has 0 saturated heterocycles. The van der Waals surface area contributed by atoms with Crippen LogP contribution in [0.5, 0.6) is 0 Å². The number of hydrogen-bond donors (Lipinski definition) is 1. The molecule has 1 N–H and O–H groups in total. The van der Waals surface area contributed by atoms with Gasteiger partial charge in [0.1, 0.15) is 5.56 Å². The zero-order valence-electron chi connectivity index (χ0n) is 19.0.